The number of nitrogens with zero attached hydrogens (tertiary/aromatic N) is 1. The Hall–Kier alpha value is -0.520. The molecule has 5 heteroatoms. The predicted molar refractivity (Wildman–Crippen MR) is 74.8 cm³/mol. The molecular formula is C12H16BrNO2S. The van der Waals surface area contributed by atoms with Crippen LogP contribution in [0.4, 0.5) is 0 Å². The average Bonchev–Trinajstić information content (AvgIpc) is 2.15. The summed E-state index contributed by atoms with van der Waals surface area (Å²) in [7, 11) is 3.88. The summed E-state index contributed by atoms with van der Waals surface area (Å²) in [5, 5.41) is 0. The number of esters is 1. The van der Waals surface area contributed by atoms with Crippen LogP contribution < -0.4 is 0 Å². The first-order valence-electron chi connectivity index (χ1n) is 5.24. The molecule has 0 aliphatic heterocycles. The summed E-state index contributed by atoms with van der Waals surface area (Å²) < 4.78 is 6.21. The van der Waals surface area contributed by atoms with Crippen molar-refractivity contribution in [2.24, 2.45) is 0 Å². The van der Waals surface area contributed by atoms with Gasteiger partial charge in [-0.05, 0) is 39.2 Å². The smallest absolute Gasteiger partial charge is 0.339 e. The Labute approximate surface area is 116 Å². The molecule has 0 saturated heterocycles. The summed E-state index contributed by atoms with van der Waals surface area (Å²) in [5.74, 6) is -0.336. The molecule has 0 aromatic heterocycles. The maximum absolute atomic E-state index is 11.9. The third-order valence-corrected chi connectivity index (χ3v) is 2.97. The monoisotopic (exact) mass is 317 g/mol. The SMILES string of the molecule is CC(CN(C)C)OC(=O)c1ccc(Br)cc1S. The summed E-state index contributed by atoms with van der Waals surface area (Å²) in [6.45, 7) is 2.57. The molecule has 17 heavy (non-hydrogen) atoms. The minimum absolute atomic E-state index is 0.145. The molecule has 0 saturated carbocycles. The van der Waals surface area contributed by atoms with Crippen molar-refractivity contribution < 1.29 is 9.53 Å². The van der Waals surface area contributed by atoms with Crippen molar-refractivity contribution in [2.75, 3.05) is 20.6 Å². The maximum Gasteiger partial charge on any atom is 0.339 e. The van der Waals surface area contributed by atoms with Crippen LogP contribution in [-0.4, -0.2) is 37.6 Å². The molecule has 0 aliphatic carbocycles. The highest BCUT2D eigenvalue weighted by Crippen LogP contribution is 2.20. The van der Waals surface area contributed by atoms with Gasteiger partial charge in [-0.15, -0.1) is 12.6 Å². The van der Waals surface area contributed by atoms with Crippen molar-refractivity contribution >= 4 is 34.5 Å². The summed E-state index contributed by atoms with van der Waals surface area (Å²) in [4.78, 5) is 14.4. The largest absolute Gasteiger partial charge is 0.458 e. The molecule has 0 heterocycles. The molecule has 0 aliphatic rings. The lowest BCUT2D eigenvalue weighted by atomic mass is 10.2. The van der Waals surface area contributed by atoms with Crippen molar-refractivity contribution in [3.05, 3.63) is 28.2 Å². The Bertz CT molecular complexity index is 409. The van der Waals surface area contributed by atoms with Crippen LogP contribution in [-0.2, 0) is 4.74 Å². The van der Waals surface area contributed by atoms with E-state index < -0.39 is 0 Å². The van der Waals surface area contributed by atoms with E-state index in [-0.39, 0.29) is 12.1 Å². The van der Waals surface area contributed by atoms with Crippen LogP contribution in [0.3, 0.4) is 0 Å². The van der Waals surface area contributed by atoms with E-state index in [1.807, 2.05) is 25.9 Å². The van der Waals surface area contributed by atoms with E-state index in [9.17, 15) is 4.79 Å². The summed E-state index contributed by atoms with van der Waals surface area (Å²) in [6, 6.07) is 5.28. The number of rotatable bonds is 4. The summed E-state index contributed by atoms with van der Waals surface area (Å²) >= 11 is 7.58. The third-order valence-electron chi connectivity index (χ3n) is 2.11. The van der Waals surface area contributed by atoms with Gasteiger partial charge in [0.05, 0.1) is 5.56 Å². The van der Waals surface area contributed by atoms with Crippen LogP contribution in [0.25, 0.3) is 0 Å². The molecule has 94 valence electrons. The van der Waals surface area contributed by atoms with Crippen molar-refractivity contribution in [2.45, 2.75) is 17.9 Å². The fourth-order valence-corrected chi connectivity index (χ4v) is 2.32. The molecule has 0 fully saturated rings. The Balaban J connectivity index is 2.70. The number of likely N-dealkylation sites (N-methyl/N-ethyl adjacent to an activating group) is 1. The highest BCUT2D eigenvalue weighted by atomic mass is 79.9. The molecule has 1 atom stereocenters. The van der Waals surface area contributed by atoms with Crippen molar-refractivity contribution in [1.82, 2.24) is 4.90 Å². The number of carbonyl (C=O) groups is 1. The van der Waals surface area contributed by atoms with E-state index in [1.165, 1.54) is 0 Å². The van der Waals surface area contributed by atoms with E-state index in [0.29, 0.717) is 17.0 Å². The fourth-order valence-electron chi connectivity index (χ4n) is 1.48. The van der Waals surface area contributed by atoms with Gasteiger partial charge in [0.15, 0.2) is 0 Å². The number of halogens is 1. The molecule has 1 aromatic rings. The molecule has 1 rings (SSSR count). The van der Waals surface area contributed by atoms with Crippen LogP contribution in [0.1, 0.15) is 17.3 Å². The third kappa shape index (κ3) is 4.69. The first-order valence-corrected chi connectivity index (χ1v) is 6.48. The first kappa shape index (κ1) is 14.5. The van der Waals surface area contributed by atoms with Crippen molar-refractivity contribution in [3.63, 3.8) is 0 Å². The van der Waals surface area contributed by atoms with Crippen LogP contribution in [0.5, 0.6) is 0 Å². The van der Waals surface area contributed by atoms with Crippen LogP contribution in [0.2, 0.25) is 0 Å². The second-order valence-corrected chi connectivity index (χ2v) is 5.54. The standard InChI is InChI=1S/C12H16BrNO2S/c1-8(7-14(2)3)16-12(15)10-5-4-9(13)6-11(10)17/h4-6,8,17H,7H2,1-3H3. The van der Waals surface area contributed by atoms with Gasteiger partial charge < -0.3 is 9.64 Å². The van der Waals surface area contributed by atoms with Gasteiger partial charge in [0.25, 0.3) is 0 Å². The molecular weight excluding hydrogens is 302 g/mol. The maximum atomic E-state index is 11.9. The zero-order valence-electron chi connectivity index (χ0n) is 10.1. The first-order chi connectivity index (χ1) is 7.90. The number of hydrogen-bond donors (Lipinski definition) is 1. The minimum atomic E-state index is -0.336. The average molecular weight is 318 g/mol. The summed E-state index contributed by atoms with van der Waals surface area (Å²) in [5.41, 5.74) is 0.488. The zero-order valence-corrected chi connectivity index (χ0v) is 12.6. The van der Waals surface area contributed by atoms with E-state index in [1.54, 1.807) is 18.2 Å². The lowest BCUT2D eigenvalue weighted by molar-refractivity contribution is 0.0285. The number of hydrogen-bond acceptors (Lipinski definition) is 4. The topological polar surface area (TPSA) is 29.5 Å². The molecule has 0 N–H and O–H groups in total. The Kier molecular flexibility index (Phi) is 5.49. The van der Waals surface area contributed by atoms with Gasteiger partial charge in [0.2, 0.25) is 0 Å². The van der Waals surface area contributed by atoms with Crippen LogP contribution in [0.15, 0.2) is 27.6 Å². The normalized spacial score (nSPS) is 12.6. The van der Waals surface area contributed by atoms with Gasteiger partial charge in [-0.2, -0.15) is 0 Å². The molecule has 0 radical (unpaired) electrons. The van der Waals surface area contributed by atoms with Gasteiger partial charge >= 0.3 is 5.97 Å². The van der Waals surface area contributed by atoms with Crippen molar-refractivity contribution in [1.29, 1.82) is 0 Å². The van der Waals surface area contributed by atoms with E-state index >= 15 is 0 Å². The molecule has 3 nitrogen and oxygen atoms in total. The minimum Gasteiger partial charge on any atom is -0.458 e. The molecule has 1 unspecified atom stereocenters. The number of benzene rings is 1. The van der Waals surface area contributed by atoms with Crippen LogP contribution >= 0.6 is 28.6 Å². The zero-order chi connectivity index (χ0) is 13.0. The van der Waals surface area contributed by atoms with Gasteiger partial charge in [-0.1, -0.05) is 15.9 Å². The van der Waals surface area contributed by atoms with E-state index in [2.05, 4.69) is 28.6 Å². The lowest BCUT2D eigenvalue weighted by Crippen LogP contribution is -2.28. The predicted octanol–water partition coefficient (Wildman–Crippen LogP) is 2.84. The van der Waals surface area contributed by atoms with Gasteiger partial charge in [-0.3, -0.25) is 0 Å². The fraction of sp³-hybridized carbons (Fsp3) is 0.417. The molecule has 1 aromatic carbocycles. The highest BCUT2D eigenvalue weighted by molar-refractivity contribution is 9.10. The second kappa shape index (κ2) is 6.42. The Morgan fingerprint density at radius 2 is 2.18 bits per heavy atom. The van der Waals surface area contributed by atoms with Gasteiger partial charge in [0.1, 0.15) is 6.10 Å². The lowest BCUT2D eigenvalue weighted by Gasteiger charge is -2.17. The highest BCUT2D eigenvalue weighted by Gasteiger charge is 2.15. The Morgan fingerprint density at radius 1 is 1.53 bits per heavy atom. The molecule has 0 amide bonds. The van der Waals surface area contributed by atoms with Crippen LogP contribution in [0, 0.1) is 0 Å². The number of ether oxygens (including phenoxy) is 1. The quantitative estimate of drug-likeness (QED) is 0.684. The van der Waals surface area contributed by atoms with Gasteiger partial charge in [0, 0.05) is 15.9 Å². The van der Waals surface area contributed by atoms with Gasteiger partial charge in [-0.25, -0.2) is 4.79 Å². The Morgan fingerprint density at radius 3 is 2.71 bits per heavy atom. The van der Waals surface area contributed by atoms with Crippen molar-refractivity contribution in [3.8, 4) is 0 Å². The molecule has 0 bridgehead atoms. The second-order valence-electron chi connectivity index (χ2n) is 4.14. The van der Waals surface area contributed by atoms with E-state index in [0.717, 1.165) is 4.47 Å². The molecule has 0 spiro atoms. The summed E-state index contributed by atoms with van der Waals surface area (Å²) in [6.07, 6.45) is -0.145. The number of carbonyl (C=O) groups excluding carboxylic acids is 1. The number of thiol groups is 1. The van der Waals surface area contributed by atoms with E-state index in [4.69, 9.17) is 4.74 Å².